The van der Waals surface area contributed by atoms with Gasteiger partial charge in [0.2, 0.25) is 0 Å². The van der Waals surface area contributed by atoms with Gasteiger partial charge < -0.3 is 19.2 Å². The van der Waals surface area contributed by atoms with Crippen LogP contribution in [0.5, 0.6) is 5.75 Å². The molecule has 0 bridgehead atoms. The average molecular weight is 278 g/mol. The minimum Gasteiger partial charge on any atom is -0.497 e. The lowest BCUT2D eigenvalue weighted by Gasteiger charge is -2.26. The van der Waals surface area contributed by atoms with Crippen LogP contribution in [-0.2, 0) is 14.4 Å². The van der Waals surface area contributed by atoms with Crippen LogP contribution in [0.2, 0.25) is 0 Å². The number of benzene rings is 1. The summed E-state index contributed by atoms with van der Waals surface area (Å²) in [5.41, 5.74) is 0.879. The van der Waals surface area contributed by atoms with Gasteiger partial charge in [-0.1, -0.05) is 5.16 Å². The van der Waals surface area contributed by atoms with Crippen molar-refractivity contribution < 1.29 is 19.1 Å². The second kappa shape index (κ2) is 7.49. The molecule has 1 aromatic carbocycles. The maximum absolute atomic E-state index is 11.7. The first-order chi connectivity index (χ1) is 9.79. The third-order valence-electron chi connectivity index (χ3n) is 2.94. The normalized spacial score (nSPS) is 15.3. The lowest BCUT2D eigenvalue weighted by atomic mass is 10.2. The number of nitrogens with zero attached hydrogens (tertiary/aromatic N) is 2. The van der Waals surface area contributed by atoms with E-state index in [4.69, 9.17) is 14.3 Å². The first-order valence-corrected chi connectivity index (χ1v) is 6.44. The largest absolute Gasteiger partial charge is 0.497 e. The molecule has 0 unspecified atom stereocenters. The minimum atomic E-state index is -0.0693. The molecule has 0 N–H and O–H groups in total. The molecule has 1 fully saturated rings. The van der Waals surface area contributed by atoms with Crippen molar-refractivity contribution in [3.05, 3.63) is 29.8 Å². The highest BCUT2D eigenvalue weighted by atomic mass is 16.6. The van der Waals surface area contributed by atoms with Crippen LogP contribution in [0.25, 0.3) is 0 Å². The number of amides is 1. The molecule has 0 atom stereocenters. The van der Waals surface area contributed by atoms with Gasteiger partial charge in [0.15, 0.2) is 6.61 Å². The maximum atomic E-state index is 11.7. The van der Waals surface area contributed by atoms with Gasteiger partial charge in [-0.2, -0.15) is 0 Å². The lowest BCUT2D eigenvalue weighted by Crippen LogP contribution is -2.42. The van der Waals surface area contributed by atoms with E-state index in [0.29, 0.717) is 26.3 Å². The first kappa shape index (κ1) is 14.3. The number of hydrogen-bond acceptors (Lipinski definition) is 5. The summed E-state index contributed by atoms with van der Waals surface area (Å²) in [5, 5.41) is 3.79. The van der Waals surface area contributed by atoms with Crippen LogP contribution in [0.15, 0.2) is 29.4 Å². The topological polar surface area (TPSA) is 60.4 Å². The van der Waals surface area contributed by atoms with Crippen molar-refractivity contribution in [3.8, 4) is 5.75 Å². The van der Waals surface area contributed by atoms with Crippen LogP contribution in [0.3, 0.4) is 0 Å². The number of morpholine rings is 1. The molecular formula is C14H18N2O4. The van der Waals surface area contributed by atoms with Crippen molar-refractivity contribution in [3.63, 3.8) is 0 Å². The molecule has 0 aromatic heterocycles. The summed E-state index contributed by atoms with van der Waals surface area (Å²) >= 11 is 0. The Bertz CT molecular complexity index is 453. The van der Waals surface area contributed by atoms with Crippen LogP contribution in [0, 0.1) is 0 Å². The van der Waals surface area contributed by atoms with E-state index >= 15 is 0 Å². The summed E-state index contributed by atoms with van der Waals surface area (Å²) in [5.74, 6) is 0.714. The SMILES string of the molecule is COc1ccc(/C=N\OCC(=O)N2CCOCC2)cc1. The zero-order valence-corrected chi connectivity index (χ0v) is 11.4. The molecule has 20 heavy (non-hydrogen) atoms. The molecule has 2 rings (SSSR count). The smallest absolute Gasteiger partial charge is 0.263 e. The zero-order valence-electron chi connectivity index (χ0n) is 11.4. The fourth-order valence-corrected chi connectivity index (χ4v) is 1.78. The van der Waals surface area contributed by atoms with E-state index in [1.807, 2.05) is 24.3 Å². The molecular weight excluding hydrogens is 260 g/mol. The van der Waals surface area contributed by atoms with Crippen molar-refractivity contribution in [1.82, 2.24) is 4.90 Å². The Hall–Kier alpha value is -2.08. The monoisotopic (exact) mass is 278 g/mol. The molecule has 1 heterocycles. The van der Waals surface area contributed by atoms with Crippen molar-refractivity contribution in [1.29, 1.82) is 0 Å². The van der Waals surface area contributed by atoms with Gasteiger partial charge in [-0.05, 0) is 29.8 Å². The van der Waals surface area contributed by atoms with Gasteiger partial charge in [0.1, 0.15) is 5.75 Å². The second-order valence-electron chi connectivity index (χ2n) is 4.27. The Kier molecular flexibility index (Phi) is 5.37. The summed E-state index contributed by atoms with van der Waals surface area (Å²) in [4.78, 5) is 18.5. The molecule has 0 spiro atoms. The van der Waals surface area contributed by atoms with Gasteiger partial charge >= 0.3 is 0 Å². The van der Waals surface area contributed by atoms with E-state index in [1.54, 1.807) is 18.2 Å². The van der Waals surface area contributed by atoms with E-state index in [9.17, 15) is 4.79 Å². The summed E-state index contributed by atoms with van der Waals surface area (Å²) in [7, 11) is 1.61. The van der Waals surface area contributed by atoms with Gasteiger partial charge in [0.25, 0.3) is 5.91 Å². The third-order valence-corrected chi connectivity index (χ3v) is 2.94. The Morgan fingerprint density at radius 2 is 2.05 bits per heavy atom. The molecule has 1 amide bonds. The molecule has 6 nitrogen and oxygen atoms in total. The molecule has 1 aliphatic rings. The molecule has 0 saturated carbocycles. The fourth-order valence-electron chi connectivity index (χ4n) is 1.78. The van der Waals surface area contributed by atoms with Crippen molar-refractivity contribution in [2.24, 2.45) is 5.16 Å². The van der Waals surface area contributed by atoms with Gasteiger partial charge in [0, 0.05) is 13.1 Å². The molecule has 1 saturated heterocycles. The maximum Gasteiger partial charge on any atom is 0.263 e. The summed E-state index contributed by atoms with van der Waals surface area (Å²) in [6.45, 7) is 2.35. The van der Waals surface area contributed by atoms with Crippen molar-refractivity contribution >= 4 is 12.1 Å². The van der Waals surface area contributed by atoms with Crippen LogP contribution in [-0.4, -0.2) is 57.0 Å². The quantitative estimate of drug-likeness (QED) is 0.593. The van der Waals surface area contributed by atoms with Gasteiger partial charge in [0.05, 0.1) is 26.5 Å². The Morgan fingerprint density at radius 1 is 1.35 bits per heavy atom. The lowest BCUT2D eigenvalue weighted by molar-refractivity contribution is -0.140. The van der Waals surface area contributed by atoms with Crippen LogP contribution >= 0.6 is 0 Å². The molecule has 108 valence electrons. The highest BCUT2D eigenvalue weighted by Crippen LogP contribution is 2.09. The zero-order chi connectivity index (χ0) is 14.2. The van der Waals surface area contributed by atoms with E-state index in [-0.39, 0.29) is 12.5 Å². The number of hydrogen-bond donors (Lipinski definition) is 0. The standard InChI is InChI=1S/C14H18N2O4/c1-18-13-4-2-12(3-5-13)10-15-20-11-14(17)16-6-8-19-9-7-16/h2-5,10H,6-9,11H2,1H3/b15-10-. The third kappa shape index (κ3) is 4.24. The van der Waals surface area contributed by atoms with Crippen LogP contribution in [0.4, 0.5) is 0 Å². The van der Waals surface area contributed by atoms with E-state index < -0.39 is 0 Å². The number of oxime groups is 1. The average Bonchev–Trinajstić information content (AvgIpc) is 2.53. The highest BCUT2D eigenvalue weighted by molar-refractivity contribution is 5.80. The number of carbonyl (C=O) groups is 1. The van der Waals surface area contributed by atoms with E-state index in [1.165, 1.54) is 0 Å². The number of methoxy groups -OCH3 is 1. The predicted molar refractivity (Wildman–Crippen MR) is 73.9 cm³/mol. The molecule has 0 radical (unpaired) electrons. The molecule has 1 aliphatic heterocycles. The van der Waals surface area contributed by atoms with Crippen LogP contribution < -0.4 is 4.74 Å². The van der Waals surface area contributed by atoms with Crippen molar-refractivity contribution in [2.45, 2.75) is 0 Å². The van der Waals surface area contributed by atoms with E-state index in [2.05, 4.69) is 5.16 Å². The number of carbonyl (C=O) groups excluding carboxylic acids is 1. The van der Waals surface area contributed by atoms with Gasteiger partial charge in [-0.15, -0.1) is 0 Å². The summed E-state index contributed by atoms with van der Waals surface area (Å²) in [6.07, 6.45) is 1.56. The number of ether oxygens (including phenoxy) is 2. The molecule has 0 aliphatic carbocycles. The number of rotatable bonds is 5. The Labute approximate surface area is 117 Å². The minimum absolute atomic E-state index is 0.0490. The van der Waals surface area contributed by atoms with Gasteiger partial charge in [-0.25, -0.2) is 0 Å². The summed E-state index contributed by atoms with van der Waals surface area (Å²) in [6, 6.07) is 7.38. The van der Waals surface area contributed by atoms with Crippen LogP contribution in [0.1, 0.15) is 5.56 Å². The Morgan fingerprint density at radius 3 is 2.70 bits per heavy atom. The van der Waals surface area contributed by atoms with Crippen molar-refractivity contribution in [2.75, 3.05) is 40.0 Å². The summed E-state index contributed by atoms with van der Waals surface area (Å²) < 4.78 is 10.2. The molecule has 6 heteroatoms. The van der Waals surface area contributed by atoms with Gasteiger partial charge in [-0.3, -0.25) is 4.79 Å². The fraction of sp³-hybridized carbons (Fsp3) is 0.429. The Balaban J connectivity index is 1.73. The predicted octanol–water partition coefficient (Wildman–Crippen LogP) is 0.904. The van der Waals surface area contributed by atoms with E-state index in [0.717, 1.165) is 11.3 Å². The second-order valence-corrected chi connectivity index (χ2v) is 4.27. The first-order valence-electron chi connectivity index (χ1n) is 6.44. The molecule has 1 aromatic rings. The highest BCUT2D eigenvalue weighted by Gasteiger charge is 2.16.